The Morgan fingerprint density at radius 3 is 2.61 bits per heavy atom. The third-order valence-electron chi connectivity index (χ3n) is 5.27. The highest BCUT2D eigenvalue weighted by atomic mass is 19.1. The first-order valence-electron chi connectivity index (χ1n) is 10.4. The molecule has 1 amide bonds. The summed E-state index contributed by atoms with van der Waals surface area (Å²) >= 11 is 0. The third kappa shape index (κ3) is 4.71. The normalized spacial score (nSPS) is 16.4. The number of benzene rings is 1. The van der Waals surface area contributed by atoms with Crippen LogP contribution in [0.5, 0.6) is 0 Å². The van der Waals surface area contributed by atoms with E-state index in [0.29, 0.717) is 23.9 Å². The highest BCUT2D eigenvalue weighted by Gasteiger charge is 2.37. The van der Waals surface area contributed by atoms with Gasteiger partial charge in [0.15, 0.2) is 5.82 Å². The van der Waals surface area contributed by atoms with E-state index in [-0.39, 0.29) is 17.8 Å². The van der Waals surface area contributed by atoms with Crippen LogP contribution in [-0.2, 0) is 4.79 Å². The number of rotatable bonds is 4. The van der Waals surface area contributed by atoms with E-state index in [9.17, 15) is 9.18 Å². The van der Waals surface area contributed by atoms with E-state index in [1.54, 1.807) is 24.5 Å². The van der Waals surface area contributed by atoms with Crippen LogP contribution >= 0.6 is 0 Å². The minimum atomic E-state index is -0.478. The lowest BCUT2D eigenvalue weighted by Crippen LogP contribution is -2.39. The number of pyridine rings is 1. The van der Waals surface area contributed by atoms with Crippen molar-refractivity contribution in [2.75, 3.05) is 11.9 Å². The van der Waals surface area contributed by atoms with E-state index in [4.69, 9.17) is 9.97 Å². The molecule has 0 saturated carbocycles. The molecular weight excluding hydrogens is 393 g/mol. The van der Waals surface area contributed by atoms with Crippen LogP contribution in [0.2, 0.25) is 0 Å². The number of nitrogens with one attached hydrogen (secondary N) is 1. The predicted octanol–water partition coefficient (Wildman–Crippen LogP) is 5.13. The van der Waals surface area contributed by atoms with E-state index in [1.807, 2.05) is 43.9 Å². The van der Waals surface area contributed by atoms with Crippen LogP contribution in [0.25, 0.3) is 11.3 Å². The smallest absolute Gasteiger partial charge is 0.228 e. The number of hydrogen-bond acceptors (Lipinski definition) is 5. The molecule has 0 spiro atoms. The Labute approximate surface area is 181 Å². The van der Waals surface area contributed by atoms with Crippen LogP contribution in [0.1, 0.15) is 45.5 Å². The lowest BCUT2D eigenvalue weighted by molar-refractivity contribution is -0.140. The van der Waals surface area contributed by atoms with Crippen LogP contribution < -0.4 is 5.32 Å². The van der Waals surface area contributed by atoms with Crippen molar-refractivity contribution in [3.8, 4) is 11.3 Å². The first-order chi connectivity index (χ1) is 14.8. The average molecular weight is 420 g/mol. The van der Waals surface area contributed by atoms with Gasteiger partial charge in [0, 0.05) is 41.7 Å². The fourth-order valence-electron chi connectivity index (χ4n) is 3.77. The molecule has 6 nitrogen and oxygen atoms in total. The van der Waals surface area contributed by atoms with Crippen molar-refractivity contribution in [1.29, 1.82) is 0 Å². The molecule has 3 heterocycles. The lowest BCUT2D eigenvalue weighted by Gasteiger charge is -2.30. The van der Waals surface area contributed by atoms with Crippen molar-refractivity contribution in [3.63, 3.8) is 0 Å². The predicted molar refractivity (Wildman–Crippen MR) is 118 cm³/mol. The molecule has 1 aliphatic heterocycles. The quantitative estimate of drug-likeness (QED) is 0.635. The third-order valence-corrected chi connectivity index (χ3v) is 5.27. The van der Waals surface area contributed by atoms with Crippen molar-refractivity contribution in [3.05, 3.63) is 66.5 Å². The molecule has 1 N–H and O–H groups in total. The molecule has 4 rings (SSSR count). The number of likely N-dealkylation sites (tertiary alicyclic amines) is 1. The van der Waals surface area contributed by atoms with Gasteiger partial charge in [-0.3, -0.25) is 9.78 Å². The first-order valence-corrected chi connectivity index (χ1v) is 10.4. The SMILES string of the molecule is CC(C)(C)C(=O)N1CCCC1c1nc(Nc2cccc(F)c2)cc(-c2ccncc2)n1. The first kappa shape index (κ1) is 20.9. The number of aromatic nitrogens is 3. The Morgan fingerprint density at radius 1 is 1.13 bits per heavy atom. The monoisotopic (exact) mass is 419 g/mol. The molecule has 160 valence electrons. The van der Waals surface area contributed by atoms with E-state index in [1.165, 1.54) is 12.1 Å². The molecule has 3 aromatic rings. The van der Waals surface area contributed by atoms with Crippen LogP contribution in [0.15, 0.2) is 54.9 Å². The summed E-state index contributed by atoms with van der Waals surface area (Å²) in [5.74, 6) is 0.903. The van der Waals surface area contributed by atoms with Crippen molar-refractivity contribution >= 4 is 17.4 Å². The summed E-state index contributed by atoms with van der Waals surface area (Å²) in [5.41, 5.74) is 1.74. The Kier molecular flexibility index (Phi) is 5.67. The summed E-state index contributed by atoms with van der Waals surface area (Å²) < 4.78 is 13.7. The molecule has 7 heteroatoms. The summed E-state index contributed by atoms with van der Waals surface area (Å²) in [7, 11) is 0. The number of hydrogen-bond donors (Lipinski definition) is 1. The Bertz CT molecular complexity index is 1080. The van der Waals surface area contributed by atoms with Crippen LogP contribution in [0, 0.1) is 11.2 Å². The zero-order valence-electron chi connectivity index (χ0n) is 18.0. The Balaban J connectivity index is 1.75. The Morgan fingerprint density at radius 2 is 1.90 bits per heavy atom. The fraction of sp³-hybridized carbons (Fsp3) is 0.333. The molecule has 0 aliphatic carbocycles. The maximum Gasteiger partial charge on any atom is 0.228 e. The maximum absolute atomic E-state index is 13.7. The number of carbonyl (C=O) groups excluding carboxylic acids is 1. The van der Waals surface area contributed by atoms with Gasteiger partial charge in [-0.2, -0.15) is 0 Å². The van der Waals surface area contributed by atoms with Gasteiger partial charge in [-0.15, -0.1) is 0 Å². The average Bonchev–Trinajstić information content (AvgIpc) is 3.23. The van der Waals surface area contributed by atoms with Gasteiger partial charge in [-0.05, 0) is 43.2 Å². The van der Waals surface area contributed by atoms with Gasteiger partial charge in [-0.1, -0.05) is 26.8 Å². The number of nitrogens with zero attached hydrogens (tertiary/aromatic N) is 4. The molecule has 1 fully saturated rings. The molecule has 1 aliphatic rings. The number of anilines is 2. The van der Waals surface area contributed by atoms with E-state index >= 15 is 0 Å². The number of halogens is 1. The number of carbonyl (C=O) groups is 1. The second kappa shape index (κ2) is 8.41. The van der Waals surface area contributed by atoms with Crippen LogP contribution in [0.3, 0.4) is 0 Å². The molecule has 1 aromatic carbocycles. The summed E-state index contributed by atoms with van der Waals surface area (Å²) in [4.78, 5) is 28.5. The van der Waals surface area contributed by atoms with Gasteiger partial charge in [0.1, 0.15) is 11.6 Å². The second-order valence-corrected chi connectivity index (χ2v) is 8.77. The molecule has 1 saturated heterocycles. The minimum absolute atomic E-state index is 0.0903. The summed E-state index contributed by atoms with van der Waals surface area (Å²) in [6.45, 7) is 6.47. The zero-order valence-corrected chi connectivity index (χ0v) is 18.0. The molecule has 2 aromatic heterocycles. The standard InChI is InChI=1S/C24H26FN5O/c1-24(2,3)23(31)30-13-5-8-20(30)22-28-19(16-9-11-26-12-10-16)15-21(29-22)27-18-7-4-6-17(25)14-18/h4,6-7,9-12,14-15,20H,5,8,13H2,1-3H3,(H,27,28,29). The van der Waals surface area contributed by atoms with Crippen molar-refractivity contribution in [1.82, 2.24) is 19.9 Å². The van der Waals surface area contributed by atoms with Gasteiger partial charge < -0.3 is 10.2 Å². The molecule has 1 unspecified atom stereocenters. The summed E-state index contributed by atoms with van der Waals surface area (Å²) in [5, 5.41) is 3.18. The largest absolute Gasteiger partial charge is 0.340 e. The van der Waals surface area contributed by atoms with Crippen molar-refractivity contribution in [2.24, 2.45) is 5.41 Å². The highest BCUT2D eigenvalue weighted by Crippen LogP contribution is 2.35. The second-order valence-electron chi connectivity index (χ2n) is 8.77. The van der Waals surface area contributed by atoms with Crippen molar-refractivity contribution < 1.29 is 9.18 Å². The molecular formula is C24H26FN5O. The maximum atomic E-state index is 13.7. The van der Waals surface area contributed by atoms with Gasteiger partial charge in [0.2, 0.25) is 5.91 Å². The summed E-state index contributed by atoms with van der Waals surface area (Å²) in [6, 6.07) is 11.6. The molecule has 1 atom stereocenters. The molecule has 0 bridgehead atoms. The summed E-state index contributed by atoms with van der Waals surface area (Å²) in [6.07, 6.45) is 5.13. The molecule has 31 heavy (non-hydrogen) atoms. The zero-order chi connectivity index (χ0) is 22.0. The van der Waals surface area contributed by atoms with Gasteiger partial charge in [0.25, 0.3) is 0 Å². The molecule has 0 radical (unpaired) electrons. The van der Waals surface area contributed by atoms with E-state index in [2.05, 4.69) is 10.3 Å². The van der Waals surface area contributed by atoms with Gasteiger partial charge in [0.05, 0.1) is 11.7 Å². The Hall–Kier alpha value is -3.35. The highest BCUT2D eigenvalue weighted by molar-refractivity contribution is 5.82. The van der Waals surface area contributed by atoms with E-state index < -0.39 is 5.41 Å². The topological polar surface area (TPSA) is 71.0 Å². The lowest BCUT2D eigenvalue weighted by atomic mass is 9.94. The minimum Gasteiger partial charge on any atom is -0.340 e. The van der Waals surface area contributed by atoms with Crippen molar-refractivity contribution in [2.45, 2.75) is 39.7 Å². The fourth-order valence-corrected chi connectivity index (χ4v) is 3.77. The van der Waals surface area contributed by atoms with E-state index in [0.717, 1.165) is 24.1 Å². The number of amides is 1. The van der Waals surface area contributed by atoms with Gasteiger partial charge >= 0.3 is 0 Å². The van der Waals surface area contributed by atoms with Gasteiger partial charge in [-0.25, -0.2) is 14.4 Å². The van der Waals surface area contributed by atoms with Crippen LogP contribution in [0.4, 0.5) is 15.9 Å². The van der Waals surface area contributed by atoms with Crippen LogP contribution in [-0.4, -0.2) is 32.3 Å².